The van der Waals surface area contributed by atoms with Crippen molar-refractivity contribution in [3.63, 3.8) is 0 Å². The van der Waals surface area contributed by atoms with Crippen LogP contribution in [0.3, 0.4) is 0 Å². The first kappa shape index (κ1) is 8.83. The van der Waals surface area contributed by atoms with Gasteiger partial charge in [0.05, 0.1) is 0 Å². The monoisotopic (exact) mass is 82.0 g/mol. The topological polar surface area (TPSA) is 0 Å². The number of hydrogen-bond acceptors (Lipinski definition) is 0. The van der Waals surface area contributed by atoms with Gasteiger partial charge in [-0.25, -0.2) is 0 Å². The van der Waals surface area contributed by atoms with Crippen molar-refractivity contribution in [2.24, 2.45) is 0 Å². The van der Waals surface area contributed by atoms with Crippen molar-refractivity contribution in [2.45, 2.75) is 0 Å². The van der Waals surface area contributed by atoms with E-state index in [-0.39, 0.29) is 11.0 Å². The summed E-state index contributed by atoms with van der Waals surface area (Å²) in [5.74, 6) is 0. The Morgan fingerprint density at radius 3 is 1.20 bits per heavy atom. The lowest BCUT2D eigenvalue weighted by Gasteiger charge is -1.44. The van der Waals surface area contributed by atoms with Gasteiger partial charge in [0.15, 0.2) is 0 Å². The lowest BCUT2D eigenvalue weighted by Crippen LogP contribution is -1.21. The van der Waals surface area contributed by atoms with Gasteiger partial charge in [0.2, 0.25) is 0 Å². The Morgan fingerprint density at radius 1 is 1.00 bits per heavy atom. The van der Waals surface area contributed by atoms with Crippen LogP contribution in [0.4, 0.5) is 0 Å². The Kier molecular flexibility index (Phi) is 16.5. The Hall–Kier alpha value is -0.303. The summed E-state index contributed by atoms with van der Waals surface area (Å²) in [6, 6.07) is 0. The van der Waals surface area contributed by atoms with Crippen molar-refractivity contribution in [1.82, 2.24) is 0 Å². The predicted molar refractivity (Wildman–Crippen MR) is 26.1 cm³/mol. The van der Waals surface area contributed by atoms with Gasteiger partial charge in [-0.1, -0.05) is 25.3 Å². The molecule has 0 saturated carbocycles. The smallest absolute Gasteiger partial charge is 0 e. The molecule has 0 fully saturated rings. The molecule has 0 aromatic carbocycles. The Balaban J connectivity index is 0. The highest BCUT2D eigenvalue weighted by molar-refractivity contribution is 5.75. The van der Waals surface area contributed by atoms with Crippen molar-refractivity contribution in [1.29, 1.82) is 0 Å². The van der Waals surface area contributed by atoms with E-state index in [9.17, 15) is 0 Å². The SMILES string of the molecule is C=CC=C.[Si]. The molecule has 0 heterocycles. The molecule has 0 aromatic rings. The maximum absolute atomic E-state index is 3.36. The molecular formula is C4H6Si. The summed E-state index contributed by atoms with van der Waals surface area (Å²) < 4.78 is 0. The molecule has 0 aliphatic heterocycles. The lowest BCUT2D eigenvalue weighted by molar-refractivity contribution is 2.15. The van der Waals surface area contributed by atoms with Crippen molar-refractivity contribution in [2.75, 3.05) is 0 Å². The quantitative estimate of drug-likeness (QED) is 0.327. The van der Waals surface area contributed by atoms with Crippen LogP contribution >= 0.6 is 0 Å². The molecule has 0 nitrogen and oxygen atoms in total. The van der Waals surface area contributed by atoms with E-state index >= 15 is 0 Å². The molecule has 0 aromatic heterocycles. The van der Waals surface area contributed by atoms with Gasteiger partial charge >= 0.3 is 0 Å². The normalized spacial score (nSPS) is 4.00. The molecule has 0 unspecified atom stereocenters. The highest BCUT2D eigenvalue weighted by Gasteiger charge is 1.29. The molecule has 0 aliphatic rings. The third-order valence-electron chi connectivity index (χ3n) is 0.167. The van der Waals surface area contributed by atoms with E-state index in [1.807, 2.05) is 0 Å². The molecular weight excluding hydrogens is 76.1 g/mol. The summed E-state index contributed by atoms with van der Waals surface area (Å²) in [7, 11) is 0. The first-order chi connectivity index (χ1) is 1.91. The van der Waals surface area contributed by atoms with Crippen LogP contribution in [-0.2, 0) is 0 Å². The van der Waals surface area contributed by atoms with Crippen molar-refractivity contribution in [3.8, 4) is 0 Å². The van der Waals surface area contributed by atoms with Crippen LogP contribution in [0.5, 0.6) is 0 Å². The number of allylic oxidation sites excluding steroid dienone is 2. The van der Waals surface area contributed by atoms with Crippen molar-refractivity contribution < 1.29 is 0 Å². The third kappa shape index (κ3) is 21.9. The summed E-state index contributed by atoms with van der Waals surface area (Å²) in [5.41, 5.74) is 0. The number of rotatable bonds is 1. The summed E-state index contributed by atoms with van der Waals surface area (Å²) >= 11 is 0. The van der Waals surface area contributed by atoms with Crippen molar-refractivity contribution in [3.05, 3.63) is 25.3 Å². The standard InChI is InChI=1S/C4H6.Si/c1-3-4-2;/h3-4H,1-2H2;. The van der Waals surface area contributed by atoms with Crippen LogP contribution in [-0.4, -0.2) is 11.0 Å². The highest BCUT2D eigenvalue weighted by Crippen LogP contribution is 1.52. The minimum absolute atomic E-state index is 0. The van der Waals surface area contributed by atoms with Crippen LogP contribution in [0.15, 0.2) is 25.3 Å². The van der Waals surface area contributed by atoms with Gasteiger partial charge < -0.3 is 0 Å². The van der Waals surface area contributed by atoms with Gasteiger partial charge in [0, 0.05) is 11.0 Å². The molecule has 5 heavy (non-hydrogen) atoms. The summed E-state index contributed by atoms with van der Waals surface area (Å²) in [6.07, 6.45) is 3.28. The molecule has 0 rings (SSSR count). The van der Waals surface area contributed by atoms with E-state index in [4.69, 9.17) is 0 Å². The average Bonchev–Trinajstić information content (AvgIpc) is 1.37. The fraction of sp³-hybridized carbons (Fsp3) is 0. The summed E-state index contributed by atoms with van der Waals surface area (Å²) in [4.78, 5) is 0. The molecule has 0 N–H and O–H groups in total. The van der Waals surface area contributed by atoms with Gasteiger partial charge in [-0.05, 0) is 0 Å². The second-order valence-electron chi connectivity index (χ2n) is 0.471. The summed E-state index contributed by atoms with van der Waals surface area (Å²) in [6.45, 7) is 6.72. The Morgan fingerprint density at radius 2 is 1.20 bits per heavy atom. The zero-order valence-electron chi connectivity index (χ0n) is 3.07. The van der Waals surface area contributed by atoms with Crippen LogP contribution in [0.2, 0.25) is 0 Å². The highest BCUT2D eigenvalue weighted by atomic mass is 28.1. The molecule has 1 heteroatoms. The largest absolute Gasteiger partial charge is 0.0991 e. The van der Waals surface area contributed by atoms with Crippen molar-refractivity contribution >= 4 is 11.0 Å². The van der Waals surface area contributed by atoms with Crippen LogP contribution < -0.4 is 0 Å². The molecule has 0 bridgehead atoms. The molecule has 0 aliphatic carbocycles. The molecule has 0 spiro atoms. The molecule has 4 radical (unpaired) electrons. The van der Waals surface area contributed by atoms with Gasteiger partial charge in [-0.15, -0.1) is 0 Å². The van der Waals surface area contributed by atoms with Gasteiger partial charge in [-0.2, -0.15) is 0 Å². The maximum atomic E-state index is 3.36. The molecule has 0 atom stereocenters. The molecule has 0 saturated heterocycles. The van der Waals surface area contributed by atoms with Crippen LogP contribution in [0.1, 0.15) is 0 Å². The zero-order valence-corrected chi connectivity index (χ0v) is 4.07. The van der Waals surface area contributed by atoms with Gasteiger partial charge in [0.25, 0.3) is 0 Å². The minimum Gasteiger partial charge on any atom is -0.0991 e. The van der Waals surface area contributed by atoms with Crippen LogP contribution in [0.25, 0.3) is 0 Å². The third-order valence-corrected chi connectivity index (χ3v) is 0.167. The average molecular weight is 82.2 g/mol. The predicted octanol–water partition coefficient (Wildman–Crippen LogP) is 0.978. The first-order valence-electron chi connectivity index (χ1n) is 1.15. The van der Waals surface area contributed by atoms with Gasteiger partial charge in [0.1, 0.15) is 0 Å². The van der Waals surface area contributed by atoms with E-state index < -0.39 is 0 Å². The van der Waals surface area contributed by atoms with E-state index in [2.05, 4.69) is 13.2 Å². The second kappa shape index (κ2) is 9.34. The number of hydrogen-bond donors (Lipinski definition) is 0. The lowest BCUT2D eigenvalue weighted by atomic mass is 10.6. The zero-order chi connectivity index (χ0) is 3.41. The molecule has 0 amide bonds. The summed E-state index contributed by atoms with van der Waals surface area (Å²) in [5, 5.41) is 0. The van der Waals surface area contributed by atoms with E-state index in [0.29, 0.717) is 0 Å². The van der Waals surface area contributed by atoms with E-state index in [1.165, 1.54) is 0 Å². The first-order valence-corrected chi connectivity index (χ1v) is 1.15. The fourth-order valence-electron chi connectivity index (χ4n) is 0. The van der Waals surface area contributed by atoms with E-state index in [0.717, 1.165) is 0 Å². The van der Waals surface area contributed by atoms with Gasteiger partial charge in [-0.3, -0.25) is 0 Å². The maximum Gasteiger partial charge on any atom is 0 e. The molecule has 26 valence electrons. The Labute approximate surface area is 37.2 Å². The second-order valence-corrected chi connectivity index (χ2v) is 0.471. The Bertz CT molecular complexity index is 24.6. The van der Waals surface area contributed by atoms with Crippen LogP contribution in [0, 0.1) is 0 Å². The van der Waals surface area contributed by atoms with E-state index in [1.54, 1.807) is 12.2 Å². The minimum atomic E-state index is 0. The fourth-order valence-corrected chi connectivity index (χ4v) is 0.